The lowest BCUT2D eigenvalue weighted by molar-refractivity contribution is -0.119. The van der Waals surface area contributed by atoms with Gasteiger partial charge in [-0.05, 0) is 36.6 Å². The molecule has 0 radical (unpaired) electrons. The van der Waals surface area contributed by atoms with Crippen LogP contribution < -0.4 is 21.3 Å². The summed E-state index contributed by atoms with van der Waals surface area (Å²) in [6.45, 7) is 0. The minimum absolute atomic E-state index is 0.259. The van der Waals surface area contributed by atoms with E-state index in [0.29, 0.717) is 11.5 Å². The van der Waals surface area contributed by atoms with E-state index in [1.165, 1.54) is 12.8 Å². The van der Waals surface area contributed by atoms with Crippen molar-refractivity contribution in [3.63, 3.8) is 0 Å². The van der Waals surface area contributed by atoms with Crippen LogP contribution in [0.4, 0.5) is 16.2 Å². The molecule has 2 aliphatic rings. The van der Waals surface area contributed by atoms with Gasteiger partial charge in [0, 0.05) is 36.6 Å². The van der Waals surface area contributed by atoms with Gasteiger partial charge in [-0.3, -0.25) is 9.79 Å². The average Bonchev–Trinajstić information content (AvgIpc) is 3.29. The van der Waals surface area contributed by atoms with Crippen LogP contribution in [0, 0.1) is 5.92 Å². The molecule has 1 aliphatic heterocycles. The number of hydrogen-bond donors (Lipinski definition) is 4. The summed E-state index contributed by atoms with van der Waals surface area (Å²) in [6.07, 6.45) is 9.13. The van der Waals surface area contributed by atoms with Crippen LogP contribution in [0.5, 0.6) is 0 Å². The number of carbonyl (C=O) groups is 2. The van der Waals surface area contributed by atoms with Gasteiger partial charge in [-0.25, -0.2) is 9.78 Å². The van der Waals surface area contributed by atoms with Crippen LogP contribution in [0.15, 0.2) is 65.9 Å². The molecular formula is C28H33N7O2. The van der Waals surface area contributed by atoms with Gasteiger partial charge in [0.2, 0.25) is 6.17 Å². The third-order valence-corrected chi connectivity index (χ3v) is 7.20. The zero-order valence-corrected chi connectivity index (χ0v) is 21.0. The number of fused-ring (bicyclic) bond motifs is 1. The van der Waals surface area contributed by atoms with Gasteiger partial charge in [-0.1, -0.05) is 56.0 Å². The molecule has 192 valence electrons. The Kier molecular flexibility index (Phi) is 7.32. The number of imidazole rings is 1. The molecule has 1 saturated carbocycles. The Morgan fingerprint density at radius 3 is 2.65 bits per heavy atom. The van der Waals surface area contributed by atoms with Gasteiger partial charge in [0.1, 0.15) is 5.82 Å². The fraction of sp³-hybridized carbons (Fsp3) is 0.357. The topological polar surface area (TPSA) is 128 Å². The summed E-state index contributed by atoms with van der Waals surface area (Å²) in [5, 5.41) is 5.64. The van der Waals surface area contributed by atoms with Crippen molar-refractivity contribution in [2.24, 2.45) is 16.6 Å². The van der Waals surface area contributed by atoms with E-state index in [2.05, 4.69) is 20.6 Å². The molecule has 3 aromatic rings. The van der Waals surface area contributed by atoms with E-state index in [1.807, 2.05) is 36.4 Å². The summed E-state index contributed by atoms with van der Waals surface area (Å²) in [5.74, 6) is 0.614. The Morgan fingerprint density at radius 1 is 1.11 bits per heavy atom. The number of urea groups is 1. The first-order valence-electron chi connectivity index (χ1n) is 12.9. The highest BCUT2D eigenvalue weighted by Crippen LogP contribution is 2.33. The van der Waals surface area contributed by atoms with E-state index in [4.69, 9.17) is 10.7 Å². The zero-order valence-electron chi connectivity index (χ0n) is 21.0. The Bertz CT molecular complexity index is 1280. The van der Waals surface area contributed by atoms with E-state index >= 15 is 0 Å². The van der Waals surface area contributed by atoms with Crippen molar-refractivity contribution in [3.05, 3.63) is 77.9 Å². The number of benzene rings is 2. The molecular weight excluding hydrogens is 466 g/mol. The number of aromatic amines is 1. The number of hydrogen-bond acceptors (Lipinski definition) is 5. The minimum Gasteiger partial charge on any atom is -0.347 e. The summed E-state index contributed by atoms with van der Waals surface area (Å²) < 4.78 is 0. The number of aromatic nitrogens is 2. The fourth-order valence-electron chi connectivity index (χ4n) is 5.23. The number of likely N-dealkylation sites (N-methyl/N-ethyl adjacent to an activating group) is 1. The summed E-state index contributed by atoms with van der Waals surface area (Å²) in [7, 11) is 1.73. The van der Waals surface area contributed by atoms with Gasteiger partial charge < -0.3 is 26.3 Å². The monoisotopic (exact) mass is 499 g/mol. The van der Waals surface area contributed by atoms with Crippen molar-refractivity contribution in [3.8, 4) is 0 Å². The second-order valence-corrected chi connectivity index (χ2v) is 9.70. The van der Waals surface area contributed by atoms with Gasteiger partial charge in [0.25, 0.3) is 5.91 Å². The van der Waals surface area contributed by atoms with Crippen molar-refractivity contribution in [2.75, 3.05) is 17.3 Å². The number of anilines is 2. The predicted octanol–water partition coefficient (Wildman–Crippen LogP) is 4.34. The van der Waals surface area contributed by atoms with Crippen molar-refractivity contribution in [1.29, 1.82) is 0 Å². The Balaban J connectivity index is 1.38. The highest BCUT2D eigenvalue weighted by molar-refractivity contribution is 6.14. The molecule has 2 atom stereocenters. The molecule has 1 fully saturated rings. The van der Waals surface area contributed by atoms with E-state index in [1.54, 1.807) is 36.5 Å². The van der Waals surface area contributed by atoms with Crippen molar-refractivity contribution >= 4 is 29.0 Å². The molecule has 9 heteroatoms. The van der Waals surface area contributed by atoms with Crippen molar-refractivity contribution in [2.45, 2.75) is 50.7 Å². The second-order valence-electron chi connectivity index (χ2n) is 9.70. The van der Waals surface area contributed by atoms with Crippen LogP contribution >= 0.6 is 0 Å². The van der Waals surface area contributed by atoms with Crippen LogP contribution in [0.3, 0.4) is 0 Å². The highest BCUT2D eigenvalue weighted by atomic mass is 16.2. The number of nitrogens with zero attached hydrogens (tertiary/aromatic N) is 3. The second kappa shape index (κ2) is 11.0. The number of rotatable bonds is 5. The number of amides is 3. The van der Waals surface area contributed by atoms with E-state index in [9.17, 15) is 9.59 Å². The van der Waals surface area contributed by atoms with E-state index < -0.39 is 18.2 Å². The van der Waals surface area contributed by atoms with Crippen LogP contribution in [0.2, 0.25) is 0 Å². The summed E-state index contributed by atoms with van der Waals surface area (Å²) in [5.41, 5.74) is 10.4. The molecule has 9 nitrogen and oxygen atoms in total. The average molecular weight is 500 g/mol. The van der Waals surface area contributed by atoms with Gasteiger partial charge >= 0.3 is 6.03 Å². The molecule has 37 heavy (non-hydrogen) atoms. The maximum atomic E-state index is 13.4. The lowest BCUT2D eigenvalue weighted by Gasteiger charge is -2.21. The maximum Gasteiger partial charge on any atom is 0.321 e. The Morgan fingerprint density at radius 2 is 1.89 bits per heavy atom. The van der Waals surface area contributed by atoms with Crippen LogP contribution in [-0.4, -0.2) is 40.8 Å². The first-order valence-corrected chi connectivity index (χ1v) is 12.9. The quantitative estimate of drug-likeness (QED) is 0.389. The molecule has 3 amide bonds. The molecule has 5 rings (SSSR count). The summed E-state index contributed by atoms with van der Waals surface area (Å²) in [6, 6.07) is 14.2. The fourth-order valence-corrected chi connectivity index (χ4v) is 5.23. The Hall–Kier alpha value is -3.98. The number of nitrogens with one attached hydrogen (secondary N) is 3. The van der Waals surface area contributed by atoms with Gasteiger partial charge in [-0.15, -0.1) is 0 Å². The third-order valence-electron chi connectivity index (χ3n) is 7.20. The van der Waals surface area contributed by atoms with Crippen molar-refractivity contribution < 1.29 is 9.59 Å². The number of carbonyl (C=O) groups excluding carboxylic acids is 2. The van der Waals surface area contributed by atoms with Crippen molar-refractivity contribution in [1.82, 2.24) is 15.3 Å². The van der Waals surface area contributed by atoms with E-state index in [0.717, 1.165) is 48.2 Å². The van der Waals surface area contributed by atoms with E-state index in [-0.39, 0.29) is 11.8 Å². The van der Waals surface area contributed by atoms with Gasteiger partial charge in [0.05, 0.1) is 17.4 Å². The first-order chi connectivity index (χ1) is 18.0. The Labute approximate surface area is 216 Å². The standard InChI is InChI=1S/C28H33N7O2/c1-35-22-14-7-6-13-21(22)24(18-9-4-2-3-5-10-18)33-26(27(35)36)34-28(37)32-20-12-8-11-19(17-20)23(29)25-30-15-16-31-25/h6-8,11-18,23,26H,2-5,9-10,29H2,1H3,(H,30,31)(H2,32,34,37)/t23?,26-/m0/s1. The van der Waals surface area contributed by atoms with Gasteiger partial charge in [0.15, 0.2) is 0 Å². The molecule has 2 aromatic carbocycles. The maximum absolute atomic E-state index is 13.4. The highest BCUT2D eigenvalue weighted by Gasteiger charge is 2.33. The third kappa shape index (κ3) is 5.41. The molecule has 5 N–H and O–H groups in total. The molecule has 2 heterocycles. The smallest absolute Gasteiger partial charge is 0.321 e. The van der Waals surface area contributed by atoms with Gasteiger partial charge in [-0.2, -0.15) is 0 Å². The number of nitrogens with two attached hydrogens (primary N) is 1. The zero-order chi connectivity index (χ0) is 25.8. The first kappa shape index (κ1) is 24.7. The largest absolute Gasteiger partial charge is 0.347 e. The number of para-hydroxylation sites is 1. The van der Waals surface area contributed by atoms with Crippen LogP contribution in [0.1, 0.15) is 61.5 Å². The number of benzodiazepines with no additional fused rings is 1. The summed E-state index contributed by atoms with van der Waals surface area (Å²) in [4.78, 5) is 40.2. The normalized spacial score (nSPS) is 19.3. The predicted molar refractivity (Wildman–Crippen MR) is 145 cm³/mol. The molecule has 1 unspecified atom stereocenters. The molecule has 0 saturated heterocycles. The number of H-pyrrole nitrogens is 1. The number of aliphatic imine (C=N–C) groups is 1. The lowest BCUT2D eigenvalue weighted by atomic mass is 9.89. The molecule has 0 spiro atoms. The molecule has 0 bridgehead atoms. The molecule has 1 aromatic heterocycles. The van der Waals surface area contributed by atoms with Crippen LogP contribution in [-0.2, 0) is 4.79 Å². The summed E-state index contributed by atoms with van der Waals surface area (Å²) >= 11 is 0. The minimum atomic E-state index is -1.02. The lowest BCUT2D eigenvalue weighted by Crippen LogP contribution is -2.47. The molecule has 1 aliphatic carbocycles. The van der Waals surface area contributed by atoms with Crippen LogP contribution in [0.25, 0.3) is 0 Å². The SMILES string of the molecule is CN1C(=O)[C@H](NC(=O)Nc2cccc(C(N)c3ncc[nH]3)c2)N=C(C2CCCCCC2)c2ccccc21.